The molecule has 0 spiro atoms. The number of hydrogen-bond donors (Lipinski definition) is 0. The zero-order valence-electron chi connectivity index (χ0n) is 11.6. The molecule has 2 nitrogen and oxygen atoms in total. The van der Waals surface area contributed by atoms with Crippen molar-refractivity contribution in [2.75, 3.05) is 0 Å². The van der Waals surface area contributed by atoms with E-state index in [1.165, 1.54) is 11.1 Å². The Kier molecular flexibility index (Phi) is 4.20. The molecule has 0 saturated heterocycles. The molecule has 2 heteroatoms. The standard InChI is InChI=1S/C17H20NO/c1-4-14-9-7-11-18(17(14)19)12-15-8-5-6-10-16(15)13(2)3/h5-11,13H,1,4,12H2,2-3H3. The molecule has 0 unspecified atom stereocenters. The van der Waals surface area contributed by atoms with E-state index < -0.39 is 0 Å². The highest BCUT2D eigenvalue weighted by Gasteiger charge is 2.08. The molecule has 0 aliphatic rings. The van der Waals surface area contributed by atoms with Crippen molar-refractivity contribution in [3.63, 3.8) is 0 Å². The SMILES string of the molecule is [CH2]Cc1cccn(Cc2ccccc2C(C)C)c1=O. The van der Waals surface area contributed by atoms with E-state index in [1.807, 2.05) is 30.5 Å². The second-order valence-corrected chi connectivity index (χ2v) is 5.07. The van der Waals surface area contributed by atoms with Gasteiger partial charge in [-0.2, -0.15) is 0 Å². The molecule has 99 valence electrons. The normalized spacial score (nSPS) is 10.9. The molecule has 0 aliphatic carbocycles. The van der Waals surface area contributed by atoms with E-state index in [1.54, 1.807) is 4.57 Å². The van der Waals surface area contributed by atoms with Gasteiger partial charge in [0.05, 0.1) is 6.54 Å². The van der Waals surface area contributed by atoms with E-state index in [9.17, 15) is 4.79 Å². The Hall–Kier alpha value is -1.83. The minimum atomic E-state index is 0.0658. The van der Waals surface area contributed by atoms with Gasteiger partial charge in [-0.05, 0) is 36.5 Å². The van der Waals surface area contributed by atoms with Crippen molar-refractivity contribution in [1.82, 2.24) is 4.57 Å². The van der Waals surface area contributed by atoms with E-state index in [4.69, 9.17) is 0 Å². The number of rotatable bonds is 4. The summed E-state index contributed by atoms with van der Waals surface area (Å²) in [6, 6.07) is 12.1. The molecule has 1 aromatic carbocycles. The zero-order chi connectivity index (χ0) is 13.8. The molecule has 19 heavy (non-hydrogen) atoms. The molecule has 0 fully saturated rings. The lowest BCUT2D eigenvalue weighted by atomic mass is 9.97. The van der Waals surface area contributed by atoms with Crippen LogP contribution >= 0.6 is 0 Å². The van der Waals surface area contributed by atoms with Crippen molar-refractivity contribution in [2.45, 2.75) is 32.7 Å². The Balaban J connectivity index is 2.40. The number of benzene rings is 1. The van der Waals surface area contributed by atoms with Crippen molar-refractivity contribution >= 4 is 0 Å². The predicted octanol–water partition coefficient (Wildman–Crippen LogP) is 3.40. The highest BCUT2D eigenvalue weighted by atomic mass is 16.1. The van der Waals surface area contributed by atoms with Gasteiger partial charge in [-0.3, -0.25) is 4.79 Å². The number of nitrogens with zero attached hydrogens (tertiary/aromatic N) is 1. The van der Waals surface area contributed by atoms with Gasteiger partial charge in [0.15, 0.2) is 0 Å². The Morgan fingerprint density at radius 3 is 2.47 bits per heavy atom. The van der Waals surface area contributed by atoms with Crippen LogP contribution in [-0.2, 0) is 13.0 Å². The maximum absolute atomic E-state index is 12.2. The summed E-state index contributed by atoms with van der Waals surface area (Å²) in [7, 11) is 0. The molecule has 2 rings (SSSR count). The molecule has 0 atom stereocenters. The molecule has 1 radical (unpaired) electrons. The fourth-order valence-corrected chi connectivity index (χ4v) is 2.33. The Labute approximate surface area is 114 Å². The molecular weight excluding hydrogens is 234 g/mol. The van der Waals surface area contributed by atoms with Gasteiger partial charge in [-0.1, -0.05) is 44.2 Å². The summed E-state index contributed by atoms with van der Waals surface area (Å²) in [6.07, 6.45) is 2.38. The molecule has 0 saturated carbocycles. The minimum absolute atomic E-state index is 0.0658. The van der Waals surface area contributed by atoms with E-state index in [0.717, 1.165) is 5.56 Å². The molecule has 2 aromatic rings. The topological polar surface area (TPSA) is 22.0 Å². The van der Waals surface area contributed by atoms with Crippen LogP contribution in [0.2, 0.25) is 0 Å². The summed E-state index contributed by atoms with van der Waals surface area (Å²) in [5, 5.41) is 0. The Morgan fingerprint density at radius 2 is 1.79 bits per heavy atom. The number of pyridine rings is 1. The Morgan fingerprint density at radius 1 is 1.11 bits per heavy atom. The van der Waals surface area contributed by atoms with Crippen molar-refractivity contribution in [3.8, 4) is 0 Å². The summed E-state index contributed by atoms with van der Waals surface area (Å²) in [5.41, 5.74) is 3.34. The lowest BCUT2D eigenvalue weighted by molar-refractivity contribution is 0.728. The van der Waals surface area contributed by atoms with Crippen molar-refractivity contribution in [2.24, 2.45) is 0 Å². The van der Waals surface area contributed by atoms with Gasteiger partial charge >= 0.3 is 0 Å². The second-order valence-electron chi connectivity index (χ2n) is 5.07. The van der Waals surface area contributed by atoms with Gasteiger partial charge in [0.1, 0.15) is 0 Å². The second kappa shape index (κ2) is 5.87. The van der Waals surface area contributed by atoms with Gasteiger partial charge in [-0.25, -0.2) is 0 Å². The average molecular weight is 254 g/mol. The monoisotopic (exact) mass is 254 g/mol. The quantitative estimate of drug-likeness (QED) is 0.819. The number of hydrogen-bond acceptors (Lipinski definition) is 1. The zero-order valence-corrected chi connectivity index (χ0v) is 11.6. The van der Waals surface area contributed by atoms with Crippen LogP contribution in [0, 0.1) is 6.92 Å². The van der Waals surface area contributed by atoms with Crippen molar-refractivity contribution in [1.29, 1.82) is 0 Å². The highest BCUT2D eigenvalue weighted by molar-refractivity contribution is 5.30. The smallest absolute Gasteiger partial charge is 0.254 e. The predicted molar refractivity (Wildman–Crippen MR) is 79.4 cm³/mol. The van der Waals surface area contributed by atoms with E-state index >= 15 is 0 Å². The van der Waals surface area contributed by atoms with Crippen LogP contribution in [-0.4, -0.2) is 4.57 Å². The summed E-state index contributed by atoms with van der Waals surface area (Å²) in [5.74, 6) is 0.461. The van der Waals surface area contributed by atoms with Gasteiger partial charge in [0, 0.05) is 11.8 Å². The summed E-state index contributed by atoms with van der Waals surface area (Å²) in [4.78, 5) is 12.2. The van der Waals surface area contributed by atoms with Crippen LogP contribution in [0.5, 0.6) is 0 Å². The summed E-state index contributed by atoms with van der Waals surface area (Å²) < 4.78 is 1.77. The molecule has 0 N–H and O–H groups in total. The van der Waals surface area contributed by atoms with Gasteiger partial charge in [-0.15, -0.1) is 0 Å². The molecule has 1 heterocycles. The third-order valence-electron chi connectivity index (χ3n) is 3.39. The lowest BCUT2D eigenvalue weighted by Gasteiger charge is -2.14. The maximum Gasteiger partial charge on any atom is 0.254 e. The van der Waals surface area contributed by atoms with E-state index in [-0.39, 0.29) is 5.56 Å². The Bertz CT molecular complexity index is 611. The van der Waals surface area contributed by atoms with Gasteiger partial charge < -0.3 is 4.57 Å². The first-order valence-corrected chi connectivity index (χ1v) is 6.69. The molecule has 0 aliphatic heterocycles. The van der Waals surface area contributed by atoms with Crippen LogP contribution in [0.15, 0.2) is 47.4 Å². The molecule has 1 aromatic heterocycles. The van der Waals surface area contributed by atoms with Crippen LogP contribution < -0.4 is 5.56 Å². The fraction of sp³-hybridized carbons (Fsp3) is 0.294. The van der Waals surface area contributed by atoms with Gasteiger partial charge in [0.2, 0.25) is 0 Å². The summed E-state index contributed by atoms with van der Waals surface area (Å²) >= 11 is 0. The molecule has 0 amide bonds. The van der Waals surface area contributed by atoms with Crippen molar-refractivity contribution < 1.29 is 0 Å². The van der Waals surface area contributed by atoms with Crippen molar-refractivity contribution in [3.05, 3.63) is 76.6 Å². The lowest BCUT2D eigenvalue weighted by Crippen LogP contribution is -2.23. The number of aromatic nitrogens is 1. The summed E-state index contributed by atoms with van der Waals surface area (Å²) in [6.45, 7) is 8.77. The third-order valence-corrected chi connectivity index (χ3v) is 3.39. The van der Waals surface area contributed by atoms with Crippen LogP contribution in [0.4, 0.5) is 0 Å². The minimum Gasteiger partial charge on any atom is -0.311 e. The molecular formula is C17H20NO. The first kappa shape index (κ1) is 13.6. The first-order valence-electron chi connectivity index (χ1n) is 6.69. The van der Waals surface area contributed by atoms with E-state index in [0.29, 0.717) is 18.9 Å². The maximum atomic E-state index is 12.2. The van der Waals surface area contributed by atoms with E-state index in [2.05, 4.69) is 32.9 Å². The van der Waals surface area contributed by atoms with Gasteiger partial charge in [0.25, 0.3) is 5.56 Å². The third kappa shape index (κ3) is 2.95. The molecule has 0 bridgehead atoms. The van der Waals surface area contributed by atoms with Crippen LogP contribution in [0.3, 0.4) is 0 Å². The van der Waals surface area contributed by atoms with Crippen LogP contribution in [0.25, 0.3) is 0 Å². The fourth-order valence-electron chi connectivity index (χ4n) is 2.33. The average Bonchev–Trinajstić information content (AvgIpc) is 2.41. The largest absolute Gasteiger partial charge is 0.311 e. The first-order chi connectivity index (χ1) is 9.13. The van der Waals surface area contributed by atoms with Crippen LogP contribution in [0.1, 0.15) is 36.5 Å². The highest BCUT2D eigenvalue weighted by Crippen LogP contribution is 2.19.